The number of carbonyl (C=O) groups is 3. The molecule has 9 heteroatoms. The molecule has 3 aromatic rings. The van der Waals surface area contributed by atoms with E-state index in [9.17, 15) is 19.6 Å². The van der Waals surface area contributed by atoms with Gasteiger partial charge in [0.15, 0.2) is 5.57 Å². The summed E-state index contributed by atoms with van der Waals surface area (Å²) in [7, 11) is 1.19. The Bertz CT molecular complexity index is 1370. The number of nitriles is 1. The van der Waals surface area contributed by atoms with Crippen molar-refractivity contribution < 1.29 is 23.5 Å². The lowest BCUT2D eigenvalue weighted by Crippen LogP contribution is -2.48. The number of benzene rings is 2. The van der Waals surface area contributed by atoms with Crippen LogP contribution in [0.4, 0.5) is 5.69 Å². The molecule has 0 radical (unpaired) electrons. The zero-order valence-electron chi connectivity index (χ0n) is 20.7. The minimum atomic E-state index is -0.842. The quantitative estimate of drug-likeness (QED) is 0.206. The van der Waals surface area contributed by atoms with Gasteiger partial charge in [-0.3, -0.25) is 4.79 Å². The van der Waals surface area contributed by atoms with Gasteiger partial charge in [-0.15, -0.1) is 0 Å². The van der Waals surface area contributed by atoms with Gasteiger partial charge in [-0.1, -0.05) is 30.3 Å². The minimum Gasteiger partial charge on any atom is -0.465 e. The van der Waals surface area contributed by atoms with E-state index >= 15 is 0 Å². The van der Waals surface area contributed by atoms with Gasteiger partial charge in [-0.05, 0) is 56.0 Å². The maximum Gasteiger partial charge on any atom is 0.352 e. The Morgan fingerprint density at radius 2 is 2.00 bits per heavy atom. The molecule has 37 heavy (non-hydrogen) atoms. The van der Waals surface area contributed by atoms with Crippen LogP contribution in [0.5, 0.6) is 0 Å². The number of anilines is 1. The number of nitrogens with zero attached hydrogens (tertiary/aromatic N) is 2. The second-order valence-corrected chi connectivity index (χ2v) is 8.80. The molecule has 1 aliphatic rings. The van der Waals surface area contributed by atoms with Crippen LogP contribution in [0, 0.1) is 18.3 Å². The summed E-state index contributed by atoms with van der Waals surface area (Å²) in [5.41, 5.74) is 1.70. The lowest BCUT2D eigenvalue weighted by Gasteiger charge is -2.31. The Morgan fingerprint density at radius 3 is 2.70 bits per heavy atom. The first-order valence-corrected chi connectivity index (χ1v) is 12.0. The molecule has 1 amide bonds. The maximum atomic E-state index is 13.7. The third-order valence-electron chi connectivity index (χ3n) is 6.31. The second kappa shape index (κ2) is 11.4. The molecule has 0 bridgehead atoms. The highest BCUT2D eigenvalue weighted by Gasteiger charge is 2.33. The van der Waals surface area contributed by atoms with Crippen molar-refractivity contribution in [2.24, 2.45) is 0 Å². The van der Waals surface area contributed by atoms with E-state index in [1.165, 1.54) is 7.11 Å². The van der Waals surface area contributed by atoms with Crippen LogP contribution < -0.4 is 10.6 Å². The lowest BCUT2D eigenvalue weighted by molar-refractivity contribution is -0.138. The van der Waals surface area contributed by atoms with Crippen LogP contribution in [-0.2, 0) is 19.1 Å². The fraction of sp³-hybridized carbons (Fsp3) is 0.286. The van der Waals surface area contributed by atoms with E-state index in [1.54, 1.807) is 17.0 Å². The summed E-state index contributed by atoms with van der Waals surface area (Å²) in [5.74, 6) is -0.330. The van der Waals surface area contributed by atoms with E-state index in [1.807, 2.05) is 55.5 Å². The Morgan fingerprint density at radius 1 is 1.22 bits per heavy atom. The molecule has 4 rings (SSSR count). The van der Waals surface area contributed by atoms with Gasteiger partial charge < -0.3 is 29.5 Å². The van der Waals surface area contributed by atoms with Gasteiger partial charge in [0, 0.05) is 17.6 Å². The summed E-state index contributed by atoms with van der Waals surface area (Å²) in [6.45, 7) is 2.26. The molecule has 2 N–H and O–H groups in total. The van der Waals surface area contributed by atoms with Crippen molar-refractivity contribution in [3.8, 4) is 6.07 Å². The predicted molar refractivity (Wildman–Crippen MR) is 137 cm³/mol. The Labute approximate surface area is 214 Å². The van der Waals surface area contributed by atoms with Gasteiger partial charge in [0.1, 0.15) is 41.6 Å². The molecule has 1 saturated heterocycles. The maximum absolute atomic E-state index is 13.7. The number of hydrogen-bond acceptors (Lipinski definition) is 8. The Kier molecular flexibility index (Phi) is 7.89. The molecule has 2 heterocycles. The molecule has 0 aliphatic carbocycles. The minimum absolute atomic E-state index is 0.0523. The van der Waals surface area contributed by atoms with E-state index < -0.39 is 18.1 Å². The Balaban J connectivity index is 1.66. The smallest absolute Gasteiger partial charge is 0.352 e. The van der Waals surface area contributed by atoms with Gasteiger partial charge in [-0.25, -0.2) is 4.79 Å². The first kappa shape index (κ1) is 25.5. The van der Waals surface area contributed by atoms with Crippen molar-refractivity contribution in [1.29, 1.82) is 5.26 Å². The number of furan rings is 1. The number of aryl methyl sites for hydroxylation is 1. The predicted octanol–water partition coefficient (Wildman–Crippen LogP) is 3.97. The number of carbonyl (C=O) groups excluding carboxylic acids is 3. The zero-order chi connectivity index (χ0) is 26.4. The second-order valence-electron chi connectivity index (χ2n) is 8.80. The number of ether oxygens (including phenoxy) is 1. The van der Waals surface area contributed by atoms with Crippen LogP contribution in [0.25, 0.3) is 11.0 Å². The molecular formula is C28H28N4O5. The van der Waals surface area contributed by atoms with Crippen molar-refractivity contribution in [3.63, 3.8) is 0 Å². The van der Waals surface area contributed by atoms with Crippen molar-refractivity contribution >= 4 is 34.8 Å². The van der Waals surface area contributed by atoms with Crippen molar-refractivity contribution in [1.82, 2.24) is 10.2 Å². The number of likely N-dealkylation sites (tertiary alicyclic amines) is 1. The summed E-state index contributed by atoms with van der Waals surface area (Å²) in [4.78, 5) is 39.8. The first-order valence-electron chi connectivity index (χ1n) is 12.0. The van der Waals surface area contributed by atoms with E-state index in [-0.39, 0.29) is 17.3 Å². The number of aldehydes is 1. The zero-order valence-corrected chi connectivity index (χ0v) is 20.7. The fourth-order valence-corrected chi connectivity index (χ4v) is 4.51. The van der Waals surface area contributed by atoms with Gasteiger partial charge >= 0.3 is 5.97 Å². The summed E-state index contributed by atoms with van der Waals surface area (Å²) in [6, 6.07) is 16.7. The SMILES string of the molecule is COC(=O)C(C#N)=C(Nc1ccc2oc(C)cc2c1)N[C@H]1CCCCN(C(C=O)c2ccccc2)C1=O. The first-order chi connectivity index (χ1) is 17.9. The third kappa shape index (κ3) is 5.64. The highest BCUT2D eigenvalue weighted by atomic mass is 16.5. The van der Waals surface area contributed by atoms with E-state index in [2.05, 4.69) is 10.6 Å². The van der Waals surface area contributed by atoms with Crippen molar-refractivity contribution in [3.05, 3.63) is 77.3 Å². The highest BCUT2D eigenvalue weighted by molar-refractivity contribution is 5.95. The molecule has 2 atom stereocenters. The van der Waals surface area contributed by atoms with Gasteiger partial charge in [-0.2, -0.15) is 5.26 Å². The number of fused-ring (bicyclic) bond motifs is 1. The average Bonchev–Trinajstić information content (AvgIpc) is 3.19. The Hall–Kier alpha value is -4.58. The summed E-state index contributed by atoms with van der Waals surface area (Å²) in [6.07, 6.45) is 2.66. The molecule has 0 saturated carbocycles. The molecular weight excluding hydrogens is 472 g/mol. The third-order valence-corrected chi connectivity index (χ3v) is 6.31. The van der Waals surface area contributed by atoms with Crippen molar-refractivity contribution in [2.45, 2.75) is 38.3 Å². The van der Waals surface area contributed by atoms with E-state index in [0.717, 1.165) is 23.0 Å². The molecule has 1 unspecified atom stereocenters. The number of rotatable bonds is 8. The molecule has 0 spiro atoms. The van der Waals surface area contributed by atoms with E-state index in [0.29, 0.717) is 37.1 Å². The molecule has 2 aromatic carbocycles. The number of nitrogens with one attached hydrogen (secondary N) is 2. The number of amides is 1. The van der Waals surface area contributed by atoms with E-state index in [4.69, 9.17) is 9.15 Å². The van der Waals surface area contributed by atoms with Crippen LogP contribution in [-0.4, -0.2) is 42.8 Å². The molecule has 9 nitrogen and oxygen atoms in total. The molecule has 1 fully saturated rings. The molecule has 190 valence electrons. The van der Waals surface area contributed by atoms with Crippen LogP contribution >= 0.6 is 0 Å². The van der Waals surface area contributed by atoms with Crippen LogP contribution in [0.2, 0.25) is 0 Å². The number of hydrogen-bond donors (Lipinski definition) is 2. The topological polar surface area (TPSA) is 125 Å². The fourth-order valence-electron chi connectivity index (χ4n) is 4.51. The van der Waals surface area contributed by atoms with Crippen LogP contribution in [0.1, 0.15) is 36.6 Å². The monoisotopic (exact) mass is 500 g/mol. The average molecular weight is 501 g/mol. The highest BCUT2D eigenvalue weighted by Crippen LogP contribution is 2.26. The van der Waals surface area contributed by atoms with Gasteiger partial charge in [0.2, 0.25) is 5.91 Å². The molecule has 1 aliphatic heterocycles. The summed E-state index contributed by atoms with van der Waals surface area (Å²) in [5, 5.41) is 16.8. The normalized spacial score (nSPS) is 17.3. The van der Waals surface area contributed by atoms with Gasteiger partial charge in [0.25, 0.3) is 0 Å². The largest absolute Gasteiger partial charge is 0.465 e. The van der Waals surface area contributed by atoms with Gasteiger partial charge in [0.05, 0.1) is 7.11 Å². The molecule has 1 aromatic heterocycles. The standard InChI is InChI=1S/C28H28N4O5/c1-18-14-20-15-21(11-12-25(20)37-18)30-26(22(16-29)28(35)36-2)31-23-10-6-7-13-32(27(23)34)24(17-33)19-8-4-3-5-9-19/h3-5,8-9,11-12,14-15,17,23-24,30-31H,6-7,10,13H2,1-2H3/t23-,24?/m0/s1. The lowest BCUT2D eigenvalue weighted by atomic mass is 10.1. The van der Waals surface area contributed by atoms with Crippen LogP contribution in [0.3, 0.4) is 0 Å². The van der Waals surface area contributed by atoms with Crippen LogP contribution in [0.15, 0.2) is 70.4 Å². The number of esters is 1. The summed E-state index contributed by atoms with van der Waals surface area (Å²) >= 11 is 0. The summed E-state index contributed by atoms with van der Waals surface area (Å²) < 4.78 is 10.4. The van der Waals surface area contributed by atoms with Crippen molar-refractivity contribution in [2.75, 3.05) is 19.0 Å². The number of methoxy groups -OCH3 is 1.